The molecule has 0 aromatic heterocycles. The van der Waals surface area contributed by atoms with Gasteiger partial charge in [-0.2, -0.15) is 0 Å². The van der Waals surface area contributed by atoms with Crippen molar-refractivity contribution < 1.29 is 18.6 Å². The van der Waals surface area contributed by atoms with Crippen molar-refractivity contribution in [3.63, 3.8) is 0 Å². The Hall–Kier alpha value is -0.710. The summed E-state index contributed by atoms with van der Waals surface area (Å²) in [7, 11) is -3.04. The fraction of sp³-hybridized carbons (Fsp3) is 0.625. The zero-order valence-corrected chi connectivity index (χ0v) is 14.7. The van der Waals surface area contributed by atoms with Gasteiger partial charge in [-0.15, -0.1) is 0 Å². The summed E-state index contributed by atoms with van der Waals surface area (Å²) in [5.74, 6) is 0. The van der Waals surface area contributed by atoms with Crippen molar-refractivity contribution in [1.82, 2.24) is 5.32 Å². The van der Waals surface area contributed by atoms with E-state index in [0.717, 1.165) is 13.0 Å². The number of benzene rings is 1. The van der Waals surface area contributed by atoms with Gasteiger partial charge in [0, 0.05) is 13.2 Å². The van der Waals surface area contributed by atoms with Crippen LogP contribution >= 0.6 is 7.37 Å². The van der Waals surface area contributed by atoms with Gasteiger partial charge in [0.05, 0.1) is 12.9 Å². The van der Waals surface area contributed by atoms with Crippen molar-refractivity contribution in [1.29, 1.82) is 0 Å². The largest absolute Gasteiger partial charge is 0.345 e. The Morgan fingerprint density at radius 3 is 2.23 bits per heavy atom. The summed E-state index contributed by atoms with van der Waals surface area (Å²) < 4.78 is 29.4. The highest BCUT2D eigenvalue weighted by Crippen LogP contribution is 2.51. The minimum atomic E-state index is -3.04. The van der Waals surface area contributed by atoms with Crippen LogP contribution in [0.25, 0.3) is 0 Å². The topological polar surface area (TPSA) is 56.8 Å². The van der Waals surface area contributed by atoms with Crippen molar-refractivity contribution in [2.24, 2.45) is 0 Å². The quantitative estimate of drug-likeness (QED) is 0.362. The molecule has 0 aliphatic carbocycles. The standard InChI is InChI=1S/C16H28NO4P/c1-4-19-16(20-5-2)22(18,21-6-3)14-17-13-12-15-10-8-7-9-11-15/h7-11,16-17H,4-6,12-14H2,1-3H3. The molecule has 6 heteroatoms. The highest BCUT2D eigenvalue weighted by atomic mass is 31.2. The maximum absolute atomic E-state index is 13.0. The molecule has 5 nitrogen and oxygen atoms in total. The zero-order chi connectivity index (χ0) is 16.3. The lowest BCUT2D eigenvalue weighted by molar-refractivity contribution is -0.0890. The molecule has 0 heterocycles. The van der Waals surface area contributed by atoms with Crippen LogP contribution in [-0.2, 0) is 25.0 Å². The van der Waals surface area contributed by atoms with Crippen LogP contribution in [0.4, 0.5) is 0 Å². The van der Waals surface area contributed by atoms with Gasteiger partial charge in [0.15, 0.2) is 0 Å². The molecule has 22 heavy (non-hydrogen) atoms. The predicted molar refractivity (Wildman–Crippen MR) is 89.3 cm³/mol. The molecule has 0 spiro atoms. The van der Waals surface area contributed by atoms with Gasteiger partial charge in [-0.1, -0.05) is 30.3 Å². The van der Waals surface area contributed by atoms with Crippen LogP contribution in [0.3, 0.4) is 0 Å². The summed E-state index contributed by atoms with van der Waals surface area (Å²) in [6.07, 6.45) is 1.12. The number of rotatable bonds is 12. The van der Waals surface area contributed by atoms with Crippen LogP contribution < -0.4 is 5.32 Å². The average molecular weight is 329 g/mol. The molecule has 1 N–H and O–H groups in total. The molecule has 0 saturated heterocycles. The van der Waals surface area contributed by atoms with Gasteiger partial charge in [0.25, 0.3) is 7.37 Å². The van der Waals surface area contributed by atoms with Gasteiger partial charge in [-0.3, -0.25) is 4.57 Å². The first-order valence-electron chi connectivity index (χ1n) is 7.87. The highest BCUT2D eigenvalue weighted by molar-refractivity contribution is 7.59. The van der Waals surface area contributed by atoms with Gasteiger partial charge >= 0.3 is 0 Å². The lowest BCUT2D eigenvalue weighted by Gasteiger charge is -2.26. The molecule has 0 bridgehead atoms. The first-order chi connectivity index (χ1) is 10.7. The molecule has 0 aliphatic heterocycles. The van der Waals surface area contributed by atoms with Crippen LogP contribution in [0, 0.1) is 0 Å². The second-order valence-corrected chi connectivity index (χ2v) is 7.20. The van der Waals surface area contributed by atoms with Gasteiger partial charge < -0.3 is 19.3 Å². The van der Waals surface area contributed by atoms with Crippen LogP contribution in [0.2, 0.25) is 0 Å². The average Bonchev–Trinajstić information content (AvgIpc) is 2.53. The predicted octanol–water partition coefficient (Wildman–Crippen LogP) is 3.45. The Morgan fingerprint density at radius 1 is 1.05 bits per heavy atom. The third kappa shape index (κ3) is 6.59. The Bertz CT molecular complexity index is 435. The summed E-state index contributed by atoms with van der Waals surface area (Å²) in [5, 5.41) is 3.21. The first-order valence-corrected chi connectivity index (χ1v) is 9.75. The van der Waals surface area contributed by atoms with Gasteiger partial charge in [0.1, 0.15) is 0 Å². The van der Waals surface area contributed by atoms with E-state index in [1.165, 1.54) is 5.56 Å². The summed E-state index contributed by atoms with van der Waals surface area (Å²) in [5.41, 5.74) is 1.24. The molecule has 1 rings (SSSR count). The molecule has 0 radical (unpaired) electrons. The van der Waals surface area contributed by atoms with Gasteiger partial charge in [-0.25, -0.2) is 0 Å². The van der Waals surface area contributed by atoms with E-state index in [4.69, 9.17) is 14.0 Å². The van der Waals surface area contributed by atoms with Crippen LogP contribution in [0.15, 0.2) is 30.3 Å². The van der Waals surface area contributed by atoms with Crippen LogP contribution in [0.1, 0.15) is 26.3 Å². The molecular formula is C16H28NO4P. The Balaban J connectivity index is 2.52. The van der Waals surface area contributed by atoms with Gasteiger partial charge in [0.2, 0.25) is 6.03 Å². The van der Waals surface area contributed by atoms with Crippen molar-refractivity contribution in [2.75, 3.05) is 32.7 Å². The minimum Gasteiger partial charge on any atom is -0.345 e. The van der Waals surface area contributed by atoms with Crippen LogP contribution in [-0.4, -0.2) is 38.7 Å². The summed E-state index contributed by atoms with van der Waals surface area (Å²) in [6.45, 7) is 7.50. The van der Waals surface area contributed by atoms with E-state index in [2.05, 4.69) is 17.4 Å². The Kier molecular flexibility index (Phi) is 9.60. The third-order valence-corrected chi connectivity index (χ3v) is 5.35. The Morgan fingerprint density at radius 2 is 1.68 bits per heavy atom. The second kappa shape index (κ2) is 10.9. The van der Waals surface area contributed by atoms with E-state index in [1.807, 2.05) is 39.0 Å². The van der Waals surface area contributed by atoms with Crippen molar-refractivity contribution in [3.8, 4) is 0 Å². The lowest BCUT2D eigenvalue weighted by Crippen LogP contribution is -2.27. The normalized spacial score (nSPS) is 14.2. The second-order valence-electron chi connectivity index (χ2n) is 4.76. The van der Waals surface area contributed by atoms with E-state index in [9.17, 15) is 4.57 Å². The van der Waals surface area contributed by atoms with Crippen LogP contribution in [0.5, 0.6) is 0 Å². The van der Waals surface area contributed by atoms with E-state index in [-0.39, 0.29) is 6.29 Å². The van der Waals surface area contributed by atoms with E-state index in [0.29, 0.717) is 19.8 Å². The minimum absolute atomic E-state index is 0.248. The number of ether oxygens (including phenoxy) is 2. The first kappa shape index (κ1) is 19.3. The fourth-order valence-electron chi connectivity index (χ4n) is 2.07. The summed E-state index contributed by atoms with van der Waals surface area (Å²) in [6, 6.07) is 9.38. The van der Waals surface area contributed by atoms with Crippen molar-refractivity contribution >= 4 is 7.37 Å². The highest BCUT2D eigenvalue weighted by Gasteiger charge is 2.35. The summed E-state index contributed by atoms with van der Waals surface area (Å²) in [4.78, 5) is 0. The number of nitrogens with one attached hydrogen (secondary N) is 1. The number of hydrogen-bond acceptors (Lipinski definition) is 5. The van der Waals surface area contributed by atoms with Crippen molar-refractivity contribution in [3.05, 3.63) is 35.9 Å². The lowest BCUT2D eigenvalue weighted by atomic mass is 10.2. The zero-order valence-electron chi connectivity index (χ0n) is 13.8. The molecular weight excluding hydrogens is 301 g/mol. The summed E-state index contributed by atoms with van der Waals surface area (Å²) >= 11 is 0. The molecule has 1 unspecified atom stereocenters. The van der Waals surface area contributed by atoms with Crippen molar-refractivity contribution in [2.45, 2.75) is 33.2 Å². The molecule has 1 aromatic rings. The van der Waals surface area contributed by atoms with E-state index < -0.39 is 13.4 Å². The maximum atomic E-state index is 13.0. The van der Waals surface area contributed by atoms with Gasteiger partial charge in [-0.05, 0) is 39.3 Å². The maximum Gasteiger partial charge on any atom is 0.270 e. The SMILES string of the molecule is CCOC(OCC)P(=O)(CNCCc1ccccc1)OCC. The van der Waals surface area contributed by atoms with E-state index >= 15 is 0 Å². The third-order valence-electron chi connectivity index (χ3n) is 3.05. The van der Waals surface area contributed by atoms with E-state index in [1.54, 1.807) is 0 Å². The smallest absolute Gasteiger partial charge is 0.270 e. The fourth-order valence-corrected chi connectivity index (χ4v) is 4.09. The number of hydrogen-bond donors (Lipinski definition) is 1. The molecule has 0 amide bonds. The molecule has 1 atom stereocenters. The Labute approximate surface area is 133 Å². The molecule has 0 saturated carbocycles. The molecule has 126 valence electrons. The molecule has 0 aliphatic rings. The monoisotopic (exact) mass is 329 g/mol. The molecule has 0 fully saturated rings. The molecule has 1 aromatic carbocycles.